The van der Waals surface area contributed by atoms with Gasteiger partial charge in [0.15, 0.2) is 0 Å². The lowest BCUT2D eigenvalue weighted by atomic mass is 10.4. The fourth-order valence-electron chi connectivity index (χ4n) is 0.948. The maximum Gasteiger partial charge on any atom is 0.358 e. The zero-order chi connectivity index (χ0) is 11.3. The summed E-state index contributed by atoms with van der Waals surface area (Å²) in [5.41, 5.74) is 0. The Balaban J connectivity index is 2.60. The Morgan fingerprint density at radius 2 is 1.93 bits per heavy atom. The van der Waals surface area contributed by atoms with Crippen molar-refractivity contribution >= 4 is 18.9 Å². The number of aliphatic carboxylic acids is 1. The second kappa shape index (κ2) is 5.07. The van der Waals surface area contributed by atoms with Gasteiger partial charge in [-0.15, -0.1) is 0 Å². The van der Waals surface area contributed by atoms with Gasteiger partial charge in [0.2, 0.25) is 0 Å². The summed E-state index contributed by atoms with van der Waals surface area (Å²) in [6, 6.07) is 7.85. The van der Waals surface area contributed by atoms with E-state index in [0.717, 1.165) is 0 Å². The summed E-state index contributed by atoms with van der Waals surface area (Å²) in [5.74, 6) is -1.07. The smallest absolute Gasteiger partial charge is 0.358 e. The minimum absolute atomic E-state index is 0.162. The summed E-state index contributed by atoms with van der Waals surface area (Å²) in [7, 11) is -3.86. The highest BCUT2D eigenvalue weighted by Gasteiger charge is 2.22. The highest BCUT2D eigenvalue weighted by atomic mass is 31.2. The Hall–Kier alpha value is -1.16. The van der Waals surface area contributed by atoms with Crippen molar-refractivity contribution in [1.82, 2.24) is 0 Å². The van der Waals surface area contributed by atoms with E-state index >= 15 is 0 Å². The second-order valence-electron chi connectivity index (χ2n) is 2.83. The Kier molecular flexibility index (Phi) is 4.03. The second-order valence-corrected chi connectivity index (χ2v) is 4.65. The van der Waals surface area contributed by atoms with Gasteiger partial charge in [-0.05, 0) is 12.1 Å². The minimum Gasteiger partial charge on any atom is -0.481 e. The van der Waals surface area contributed by atoms with Crippen LogP contribution in [0.15, 0.2) is 30.3 Å². The molecule has 6 heteroatoms. The zero-order valence-corrected chi connectivity index (χ0v) is 8.76. The van der Waals surface area contributed by atoms with Crippen LogP contribution in [0, 0.1) is 0 Å². The predicted molar refractivity (Wildman–Crippen MR) is 54.1 cm³/mol. The number of hydrogen-bond donors (Lipinski definition) is 2. The van der Waals surface area contributed by atoms with E-state index in [-0.39, 0.29) is 18.3 Å². The van der Waals surface area contributed by atoms with Crippen LogP contribution in [0.4, 0.5) is 0 Å². The number of hydrogen-bond acceptors (Lipinski definition) is 3. The Bertz CT molecular complexity index is 375. The molecule has 0 fully saturated rings. The summed E-state index contributed by atoms with van der Waals surface area (Å²) in [5, 5.41) is 8.49. The quantitative estimate of drug-likeness (QED) is 0.737. The van der Waals surface area contributed by atoms with Crippen LogP contribution in [-0.2, 0) is 13.9 Å². The van der Waals surface area contributed by atoms with E-state index < -0.39 is 13.6 Å². The molecule has 1 aromatic carbocycles. The molecule has 0 heterocycles. The van der Waals surface area contributed by atoms with E-state index in [1.54, 1.807) is 18.2 Å². The van der Waals surface area contributed by atoms with Gasteiger partial charge >= 0.3 is 13.6 Å². The van der Waals surface area contributed by atoms with Crippen molar-refractivity contribution in [2.24, 2.45) is 0 Å². The van der Waals surface area contributed by atoms with Crippen molar-refractivity contribution in [1.29, 1.82) is 0 Å². The molecule has 5 nitrogen and oxygen atoms in total. The third-order valence-corrected chi connectivity index (χ3v) is 3.15. The first-order valence-electron chi connectivity index (χ1n) is 4.27. The minimum atomic E-state index is -3.86. The van der Waals surface area contributed by atoms with Crippen LogP contribution in [0.5, 0.6) is 0 Å². The number of carboxylic acids is 1. The lowest BCUT2D eigenvalue weighted by molar-refractivity contribution is -0.137. The topological polar surface area (TPSA) is 83.8 Å². The summed E-state index contributed by atoms with van der Waals surface area (Å²) in [6.45, 7) is -0.280. The van der Waals surface area contributed by atoms with Gasteiger partial charge in [0.25, 0.3) is 0 Å². The molecule has 0 radical (unpaired) electrons. The van der Waals surface area contributed by atoms with Gasteiger partial charge in [0.1, 0.15) is 0 Å². The fraction of sp³-hybridized carbons (Fsp3) is 0.222. The third kappa shape index (κ3) is 3.83. The fourth-order valence-corrected chi connectivity index (χ4v) is 1.98. The summed E-state index contributed by atoms with van der Waals surface area (Å²) >= 11 is 0. The summed E-state index contributed by atoms with van der Waals surface area (Å²) in [4.78, 5) is 19.6. The molecule has 0 saturated heterocycles. The monoisotopic (exact) mass is 230 g/mol. The van der Waals surface area contributed by atoms with Crippen LogP contribution >= 0.6 is 7.60 Å². The lowest BCUT2D eigenvalue weighted by Gasteiger charge is -2.10. The molecular formula is C9H11O5P. The first kappa shape index (κ1) is 11.9. The molecular weight excluding hydrogens is 219 g/mol. The molecule has 1 unspecified atom stereocenters. The number of rotatable bonds is 5. The van der Waals surface area contributed by atoms with Crippen molar-refractivity contribution in [2.45, 2.75) is 6.42 Å². The van der Waals surface area contributed by atoms with E-state index in [2.05, 4.69) is 4.52 Å². The molecule has 2 N–H and O–H groups in total. The molecule has 0 aliphatic carbocycles. The van der Waals surface area contributed by atoms with Crippen molar-refractivity contribution in [2.75, 3.05) is 6.61 Å². The molecule has 1 rings (SSSR count). The zero-order valence-electron chi connectivity index (χ0n) is 7.87. The predicted octanol–water partition coefficient (Wildman–Crippen LogP) is 0.989. The van der Waals surface area contributed by atoms with Crippen molar-refractivity contribution in [3.05, 3.63) is 30.3 Å². The van der Waals surface area contributed by atoms with Crippen molar-refractivity contribution in [3.63, 3.8) is 0 Å². The maximum atomic E-state index is 11.5. The average Bonchev–Trinajstić information content (AvgIpc) is 2.18. The van der Waals surface area contributed by atoms with Crippen LogP contribution in [0.1, 0.15) is 6.42 Å². The Labute approximate surface area is 86.9 Å². The number of benzene rings is 1. The van der Waals surface area contributed by atoms with Crippen LogP contribution in [-0.4, -0.2) is 22.6 Å². The third-order valence-electron chi connectivity index (χ3n) is 1.66. The van der Waals surface area contributed by atoms with E-state index in [1.807, 2.05) is 0 Å². The molecule has 0 aliphatic rings. The van der Waals surface area contributed by atoms with Crippen LogP contribution in [0.25, 0.3) is 0 Å². The standard InChI is InChI=1S/C9H11O5P/c10-9(11)6-7-14-15(12,13)8-4-2-1-3-5-8/h1-5H,6-7H2,(H,10,11)(H,12,13). The van der Waals surface area contributed by atoms with Crippen molar-refractivity contribution in [3.8, 4) is 0 Å². The highest BCUT2D eigenvalue weighted by Crippen LogP contribution is 2.40. The largest absolute Gasteiger partial charge is 0.481 e. The molecule has 0 bridgehead atoms. The highest BCUT2D eigenvalue weighted by molar-refractivity contribution is 7.61. The van der Waals surface area contributed by atoms with Gasteiger partial charge in [-0.2, -0.15) is 0 Å². The van der Waals surface area contributed by atoms with Gasteiger partial charge in [-0.1, -0.05) is 18.2 Å². The Morgan fingerprint density at radius 1 is 1.33 bits per heavy atom. The molecule has 1 aromatic rings. The normalized spacial score (nSPS) is 14.5. The van der Waals surface area contributed by atoms with Gasteiger partial charge in [-0.3, -0.25) is 9.36 Å². The first-order valence-corrected chi connectivity index (χ1v) is 5.85. The van der Waals surface area contributed by atoms with Gasteiger partial charge < -0.3 is 14.5 Å². The summed E-state index contributed by atoms with van der Waals surface area (Å²) in [6.07, 6.45) is -0.294. The van der Waals surface area contributed by atoms with Crippen LogP contribution in [0.2, 0.25) is 0 Å². The van der Waals surface area contributed by atoms with Crippen LogP contribution in [0.3, 0.4) is 0 Å². The lowest BCUT2D eigenvalue weighted by Crippen LogP contribution is -2.09. The first-order chi connectivity index (χ1) is 7.02. The molecule has 82 valence electrons. The van der Waals surface area contributed by atoms with Crippen LogP contribution < -0.4 is 5.30 Å². The molecule has 0 amide bonds. The van der Waals surface area contributed by atoms with E-state index in [4.69, 9.17) is 5.11 Å². The van der Waals surface area contributed by atoms with E-state index in [1.165, 1.54) is 12.1 Å². The van der Waals surface area contributed by atoms with E-state index in [9.17, 15) is 14.3 Å². The number of carboxylic acid groups (broad SMARTS) is 1. The molecule has 1 atom stereocenters. The molecule has 0 saturated carbocycles. The van der Waals surface area contributed by atoms with Gasteiger partial charge in [0.05, 0.1) is 18.3 Å². The maximum absolute atomic E-state index is 11.5. The molecule has 0 spiro atoms. The molecule has 15 heavy (non-hydrogen) atoms. The van der Waals surface area contributed by atoms with E-state index in [0.29, 0.717) is 0 Å². The molecule has 0 aromatic heterocycles. The Morgan fingerprint density at radius 3 is 2.47 bits per heavy atom. The average molecular weight is 230 g/mol. The van der Waals surface area contributed by atoms with Crippen molar-refractivity contribution < 1.29 is 23.9 Å². The summed E-state index contributed by atoms with van der Waals surface area (Å²) < 4.78 is 16.2. The molecule has 0 aliphatic heterocycles. The number of carbonyl (C=O) groups is 1. The van der Waals surface area contributed by atoms with Gasteiger partial charge in [-0.25, -0.2) is 0 Å². The van der Waals surface area contributed by atoms with Gasteiger partial charge in [0, 0.05) is 0 Å². The SMILES string of the molecule is O=C(O)CCOP(=O)(O)c1ccccc1.